The van der Waals surface area contributed by atoms with E-state index in [2.05, 4.69) is 4.74 Å². The molecule has 2 aromatic rings. The maximum absolute atomic E-state index is 12.3. The highest BCUT2D eigenvalue weighted by atomic mass is 32.2. The lowest BCUT2D eigenvalue weighted by Gasteiger charge is -2.12. The van der Waals surface area contributed by atoms with E-state index >= 15 is 0 Å². The van der Waals surface area contributed by atoms with Crippen LogP contribution in [0.15, 0.2) is 41.3 Å². The van der Waals surface area contributed by atoms with Gasteiger partial charge >= 0.3 is 12.6 Å². The standard InChI is InChI=1S/C17H17F2NO7S/c1-24-13-6-4-11(8-15(13)28(20,22)23)16(21)26-9-10-3-5-12(27-17(18)19)14(7-10)25-2/h3-8,17H,9H2,1-2H3,(H2,20,22,23). The number of methoxy groups -OCH3 is 2. The molecule has 0 unspecified atom stereocenters. The Balaban J connectivity index is 2.16. The number of carbonyl (C=O) groups excluding carboxylic acids is 1. The molecule has 8 nitrogen and oxygen atoms in total. The first kappa shape index (κ1) is 21.4. The lowest BCUT2D eigenvalue weighted by molar-refractivity contribution is -0.0512. The Morgan fingerprint density at radius 3 is 2.25 bits per heavy atom. The van der Waals surface area contributed by atoms with Crippen LogP contribution in [0.2, 0.25) is 0 Å². The van der Waals surface area contributed by atoms with Crippen molar-refractivity contribution in [3.63, 3.8) is 0 Å². The van der Waals surface area contributed by atoms with Gasteiger partial charge in [0.2, 0.25) is 10.0 Å². The van der Waals surface area contributed by atoms with Crippen LogP contribution in [0.4, 0.5) is 8.78 Å². The maximum Gasteiger partial charge on any atom is 0.387 e. The van der Waals surface area contributed by atoms with Gasteiger partial charge in [0.15, 0.2) is 11.5 Å². The Kier molecular flexibility index (Phi) is 6.75. The Morgan fingerprint density at radius 1 is 1.04 bits per heavy atom. The van der Waals surface area contributed by atoms with Gasteiger partial charge in [0.25, 0.3) is 0 Å². The second-order valence-corrected chi connectivity index (χ2v) is 6.88. The quantitative estimate of drug-likeness (QED) is 0.656. The average Bonchev–Trinajstić information content (AvgIpc) is 2.65. The van der Waals surface area contributed by atoms with Gasteiger partial charge in [0.1, 0.15) is 17.3 Å². The van der Waals surface area contributed by atoms with Crippen LogP contribution < -0.4 is 19.3 Å². The van der Waals surface area contributed by atoms with Crippen molar-refractivity contribution in [3.05, 3.63) is 47.5 Å². The van der Waals surface area contributed by atoms with Gasteiger partial charge in [0.05, 0.1) is 19.8 Å². The molecule has 2 aromatic carbocycles. The SMILES string of the molecule is COc1cc(COC(=O)c2ccc(OC)c(S(N)(=O)=O)c2)ccc1OC(F)F. The van der Waals surface area contributed by atoms with Gasteiger partial charge in [-0.15, -0.1) is 0 Å². The fourth-order valence-electron chi connectivity index (χ4n) is 2.25. The summed E-state index contributed by atoms with van der Waals surface area (Å²) >= 11 is 0. The molecule has 0 aromatic heterocycles. The van der Waals surface area contributed by atoms with Crippen LogP contribution >= 0.6 is 0 Å². The molecule has 2 N–H and O–H groups in total. The fraction of sp³-hybridized carbons (Fsp3) is 0.235. The molecule has 0 spiro atoms. The van der Waals surface area contributed by atoms with E-state index in [1.807, 2.05) is 0 Å². The van der Waals surface area contributed by atoms with E-state index in [-0.39, 0.29) is 34.3 Å². The molecule has 0 fully saturated rings. The number of benzene rings is 2. The van der Waals surface area contributed by atoms with Gasteiger partial charge in [-0.3, -0.25) is 0 Å². The monoisotopic (exact) mass is 417 g/mol. The minimum Gasteiger partial charge on any atom is -0.495 e. The van der Waals surface area contributed by atoms with Crippen molar-refractivity contribution in [2.24, 2.45) is 5.14 Å². The number of sulfonamides is 1. The van der Waals surface area contributed by atoms with Crippen molar-refractivity contribution in [2.75, 3.05) is 14.2 Å². The molecule has 0 bridgehead atoms. The first-order valence-corrected chi connectivity index (χ1v) is 9.20. The van der Waals surface area contributed by atoms with E-state index in [0.717, 1.165) is 6.07 Å². The maximum atomic E-state index is 12.3. The number of hydrogen-bond donors (Lipinski definition) is 1. The summed E-state index contributed by atoms with van der Waals surface area (Å²) in [5, 5.41) is 5.11. The van der Waals surface area contributed by atoms with Crippen LogP contribution in [0.25, 0.3) is 0 Å². The molecule has 0 atom stereocenters. The smallest absolute Gasteiger partial charge is 0.387 e. The Bertz CT molecular complexity index is 964. The minimum atomic E-state index is -4.12. The predicted octanol–water partition coefficient (Wildman–Crippen LogP) is 2.31. The third-order valence-corrected chi connectivity index (χ3v) is 4.45. The first-order valence-electron chi connectivity index (χ1n) is 7.65. The predicted molar refractivity (Wildman–Crippen MR) is 93.1 cm³/mol. The third-order valence-electron chi connectivity index (χ3n) is 3.52. The van der Waals surface area contributed by atoms with E-state index in [9.17, 15) is 22.0 Å². The van der Waals surface area contributed by atoms with Crippen molar-refractivity contribution in [3.8, 4) is 17.2 Å². The Hall–Kier alpha value is -2.92. The van der Waals surface area contributed by atoms with Gasteiger partial charge in [-0.05, 0) is 35.9 Å². The molecule has 2 rings (SSSR count). The number of hydrogen-bond acceptors (Lipinski definition) is 7. The van der Waals surface area contributed by atoms with E-state index in [0.29, 0.717) is 5.56 Å². The number of halogens is 2. The second-order valence-electron chi connectivity index (χ2n) is 5.35. The zero-order valence-electron chi connectivity index (χ0n) is 14.8. The molecule has 0 aliphatic rings. The Labute approximate surface area is 159 Å². The summed E-state index contributed by atoms with van der Waals surface area (Å²) in [5.74, 6) is -0.965. The van der Waals surface area contributed by atoms with E-state index < -0.39 is 22.6 Å². The number of alkyl halides is 2. The zero-order chi connectivity index (χ0) is 20.9. The number of rotatable bonds is 8. The van der Waals surface area contributed by atoms with E-state index in [1.165, 1.54) is 44.6 Å². The number of esters is 1. The molecular weight excluding hydrogens is 400 g/mol. The van der Waals surface area contributed by atoms with Gasteiger partial charge in [0, 0.05) is 0 Å². The van der Waals surface area contributed by atoms with Crippen molar-refractivity contribution < 1.29 is 40.9 Å². The molecule has 11 heteroatoms. The topological polar surface area (TPSA) is 114 Å². The molecule has 0 saturated carbocycles. The highest BCUT2D eigenvalue weighted by Crippen LogP contribution is 2.30. The molecule has 0 radical (unpaired) electrons. The summed E-state index contributed by atoms with van der Waals surface area (Å²) in [5.41, 5.74) is 0.376. The molecule has 28 heavy (non-hydrogen) atoms. The highest BCUT2D eigenvalue weighted by molar-refractivity contribution is 7.89. The van der Waals surface area contributed by atoms with Crippen LogP contribution in [0.5, 0.6) is 17.2 Å². The van der Waals surface area contributed by atoms with Gasteiger partial charge < -0.3 is 18.9 Å². The second kappa shape index (κ2) is 8.85. The Morgan fingerprint density at radius 2 is 1.68 bits per heavy atom. The number of primary sulfonamides is 1. The van der Waals surface area contributed by atoms with Crippen molar-refractivity contribution in [1.29, 1.82) is 0 Å². The van der Waals surface area contributed by atoms with E-state index in [4.69, 9.17) is 19.3 Å². The van der Waals surface area contributed by atoms with Crippen LogP contribution in [-0.2, 0) is 21.4 Å². The molecular formula is C17H17F2NO7S. The largest absolute Gasteiger partial charge is 0.495 e. The van der Waals surface area contributed by atoms with E-state index in [1.54, 1.807) is 0 Å². The van der Waals surface area contributed by atoms with Crippen LogP contribution in [-0.4, -0.2) is 35.2 Å². The summed E-state index contributed by atoms with van der Waals surface area (Å²) in [4.78, 5) is 11.8. The normalized spacial score (nSPS) is 11.2. The summed E-state index contributed by atoms with van der Waals surface area (Å²) in [6, 6.07) is 7.66. The molecule has 152 valence electrons. The lowest BCUT2D eigenvalue weighted by atomic mass is 10.2. The molecule has 0 heterocycles. The van der Waals surface area contributed by atoms with Gasteiger partial charge in [-0.25, -0.2) is 18.4 Å². The summed E-state index contributed by atoms with van der Waals surface area (Å²) in [7, 11) is -1.58. The highest BCUT2D eigenvalue weighted by Gasteiger charge is 2.19. The third kappa shape index (κ3) is 5.30. The fourth-order valence-corrected chi connectivity index (χ4v) is 2.98. The zero-order valence-corrected chi connectivity index (χ0v) is 15.7. The summed E-state index contributed by atoms with van der Waals surface area (Å²) < 4.78 is 67.2. The summed E-state index contributed by atoms with van der Waals surface area (Å²) in [6.07, 6.45) is 0. The minimum absolute atomic E-state index is 0.0154. The van der Waals surface area contributed by atoms with Crippen LogP contribution in [0.3, 0.4) is 0 Å². The number of ether oxygens (including phenoxy) is 4. The van der Waals surface area contributed by atoms with Crippen molar-refractivity contribution in [2.45, 2.75) is 18.1 Å². The number of nitrogens with two attached hydrogens (primary N) is 1. The summed E-state index contributed by atoms with van der Waals surface area (Å²) in [6.45, 7) is -3.23. The average molecular weight is 417 g/mol. The molecule has 0 aliphatic heterocycles. The first-order chi connectivity index (χ1) is 13.2. The van der Waals surface area contributed by atoms with Gasteiger partial charge in [-0.2, -0.15) is 8.78 Å². The van der Waals surface area contributed by atoms with Crippen molar-refractivity contribution in [1.82, 2.24) is 0 Å². The molecule has 0 amide bonds. The van der Waals surface area contributed by atoms with Crippen molar-refractivity contribution >= 4 is 16.0 Å². The molecule has 0 saturated heterocycles. The van der Waals surface area contributed by atoms with Gasteiger partial charge in [-0.1, -0.05) is 6.07 Å². The lowest BCUT2D eigenvalue weighted by Crippen LogP contribution is -2.15. The molecule has 0 aliphatic carbocycles. The van der Waals surface area contributed by atoms with Crippen LogP contribution in [0.1, 0.15) is 15.9 Å². The van der Waals surface area contributed by atoms with Crippen LogP contribution in [0, 0.1) is 0 Å². The number of carbonyl (C=O) groups is 1.